The second-order valence-electron chi connectivity index (χ2n) is 6.04. The number of methoxy groups -OCH3 is 1. The standard InChI is InChI=1S/C16H32N4O2/c1-13(15(21)22-4)12-19-16(17-3)18-9-7-11-20-10-6-5-8-14(20)2/h13-14H,5-12H2,1-4H3,(H2,17,18,19). The SMILES string of the molecule is CN=C(NCCCN1CCCCC1C)NCC(C)C(=O)OC. The minimum absolute atomic E-state index is 0.183. The van der Waals surface area contributed by atoms with Gasteiger partial charge in [-0.1, -0.05) is 13.3 Å². The molecule has 1 aliphatic heterocycles. The highest BCUT2D eigenvalue weighted by molar-refractivity contribution is 5.80. The van der Waals surface area contributed by atoms with E-state index in [-0.39, 0.29) is 11.9 Å². The predicted molar refractivity (Wildman–Crippen MR) is 90.0 cm³/mol. The summed E-state index contributed by atoms with van der Waals surface area (Å²) in [5, 5.41) is 6.45. The third-order valence-electron chi connectivity index (χ3n) is 4.26. The van der Waals surface area contributed by atoms with Gasteiger partial charge in [-0.05, 0) is 32.7 Å². The van der Waals surface area contributed by atoms with Gasteiger partial charge >= 0.3 is 5.97 Å². The van der Waals surface area contributed by atoms with Gasteiger partial charge in [-0.3, -0.25) is 9.79 Å². The molecule has 0 saturated carbocycles. The number of aliphatic imine (C=N–C) groups is 1. The van der Waals surface area contributed by atoms with E-state index in [1.807, 2.05) is 6.92 Å². The number of ether oxygens (including phenoxy) is 1. The average molecular weight is 312 g/mol. The van der Waals surface area contributed by atoms with Gasteiger partial charge in [-0.2, -0.15) is 0 Å². The van der Waals surface area contributed by atoms with Crippen molar-refractivity contribution in [3.63, 3.8) is 0 Å². The van der Waals surface area contributed by atoms with Gasteiger partial charge in [0.05, 0.1) is 13.0 Å². The number of esters is 1. The first-order valence-electron chi connectivity index (χ1n) is 8.34. The monoisotopic (exact) mass is 312 g/mol. The van der Waals surface area contributed by atoms with E-state index in [0.29, 0.717) is 12.6 Å². The van der Waals surface area contributed by atoms with Crippen LogP contribution in [-0.4, -0.2) is 63.2 Å². The van der Waals surface area contributed by atoms with Crippen LogP contribution in [0.5, 0.6) is 0 Å². The average Bonchev–Trinajstić information content (AvgIpc) is 2.54. The Morgan fingerprint density at radius 3 is 2.82 bits per heavy atom. The van der Waals surface area contributed by atoms with Gasteiger partial charge in [0.1, 0.15) is 0 Å². The maximum atomic E-state index is 11.4. The lowest BCUT2D eigenvalue weighted by molar-refractivity contribution is -0.144. The Morgan fingerprint density at radius 2 is 2.18 bits per heavy atom. The topological polar surface area (TPSA) is 66.0 Å². The first-order valence-corrected chi connectivity index (χ1v) is 8.34. The number of likely N-dealkylation sites (tertiary alicyclic amines) is 1. The van der Waals surface area contributed by atoms with E-state index >= 15 is 0 Å². The van der Waals surface area contributed by atoms with Gasteiger partial charge < -0.3 is 20.3 Å². The second-order valence-corrected chi connectivity index (χ2v) is 6.04. The smallest absolute Gasteiger partial charge is 0.310 e. The number of piperidine rings is 1. The molecule has 1 fully saturated rings. The molecule has 6 nitrogen and oxygen atoms in total. The molecule has 0 bridgehead atoms. The molecule has 2 unspecified atom stereocenters. The first-order chi connectivity index (χ1) is 10.6. The summed E-state index contributed by atoms with van der Waals surface area (Å²) in [6, 6.07) is 0.715. The summed E-state index contributed by atoms with van der Waals surface area (Å²) in [7, 11) is 3.15. The summed E-state index contributed by atoms with van der Waals surface area (Å²) >= 11 is 0. The van der Waals surface area contributed by atoms with E-state index in [1.54, 1.807) is 7.05 Å². The number of rotatable bonds is 7. The molecule has 1 aliphatic rings. The van der Waals surface area contributed by atoms with Crippen LogP contribution in [0.4, 0.5) is 0 Å². The van der Waals surface area contributed by atoms with E-state index in [4.69, 9.17) is 4.74 Å². The lowest BCUT2D eigenvalue weighted by Gasteiger charge is -2.33. The fourth-order valence-corrected chi connectivity index (χ4v) is 2.73. The fourth-order valence-electron chi connectivity index (χ4n) is 2.73. The Balaban J connectivity index is 2.17. The Hall–Kier alpha value is -1.30. The van der Waals surface area contributed by atoms with E-state index in [0.717, 1.165) is 25.5 Å². The summed E-state index contributed by atoms with van der Waals surface area (Å²) in [5.41, 5.74) is 0. The highest BCUT2D eigenvalue weighted by atomic mass is 16.5. The molecule has 0 radical (unpaired) electrons. The molecule has 6 heteroatoms. The lowest BCUT2D eigenvalue weighted by atomic mass is 10.0. The van der Waals surface area contributed by atoms with E-state index < -0.39 is 0 Å². The lowest BCUT2D eigenvalue weighted by Crippen LogP contribution is -2.43. The van der Waals surface area contributed by atoms with Gasteiger partial charge in [0.15, 0.2) is 5.96 Å². The maximum absolute atomic E-state index is 11.4. The molecule has 0 aliphatic carbocycles. The molecule has 0 amide bonds. The number of carbonyl (C=O) groups is 1. The van der Waals surface area contributed by atoms with Crippen LogP contribution in [-0.2, 0) is 9.53 Å². The third kappa shape index (κ3) is 6.64. The van der Waals surface area contributed by atoms with Crippen molar-refractivity contribution in [3.8, 4) is 0 Å². The van der Waals surface area contributed by atoms with Crippen molar-refractivity contribution < 1.29 is 9.53 Å². The minimum Gasteiger partial charge on any atom is -0.469 e. The highest BCUT2D eigenvalue weighted by Gasteiger charge is 2.17. The van der Waals surface area contributed by atoms with Gasteiger partial charge in [0, 0.05) is 32.7 Å². The molecule has 22 heavy (non-hydrogen) atoms. The summed E-state index contributed by atoms with van der Waals surface area (Å²) in [4.78, 5) is 18.1. The molecular weight excluding hydrogens is 280 g/mol. The van der Waals surface area contributed by atoms with Crippen molar-refractivity contribution in [2.75, 3.05) is 40.3 Å². The van der Waals surface area contributed by atoms with Crippen LogP contribution in [0.1, 0.15) is 39.5 Å². The Bertz CT molecular complexity index is 360. The third-order valence-corrected chi connectivity index (χ3v) is 4.26. The van der Waals surface area contributed by atoms with E-state index in [9.17, 15) is 4.79 Å². The molecule has 0 aromatic rings. The van der Waals surface area contributed by atoms with Crippen LogP contribution in [0.15, 0.2) is 4.99 Å². The Labute approximate surface area is 134 Å². The molecule has 0 spiro atoms. The first kappa shape index (κ1) is 18.7. The van der Waals surface area contributed by atoms with Crippen molar-refractivity contribution in [2.45, 2.75) is 45.6 Å². The zero-order valence-electron chi connectivity index (χ0n) is 14.5. The van der Waals surface area contributed by atoms with Gasteiger partial charge in [0.25, 0.3) is 0 Å². The zero-order valence-corrected chi connectivity index (χ0v) is 14.5. The highest BCUT2D eigenvalue weighted by Crippen LogP contribution is 2.15. The maximum Gasteiger partial charge on any atom is 0.310 e. The van der Waals surface area contributed by atoms with Crippen LogP contribution in [0.25, 0.3) is 0 Å². The van der Waals surface area contributed by atoms with E-state index in [2.05, 4.69) is 27.4 Å². The van der Waals surface area contributed by atoms with Crippen LogP contribution in [0.3, 0.4) is 0 Å². The van der Waals surface area contributed by atoms with Crippen LogP contribution in [0, 0.1) is 5.92 Å². The van der Waals surface area contributed by atoms with Crippen LogP contribution >= 0.6 is 0 Å². The summed E-state index contributed by atoms with van der Waals surface area (Å²) in [6.07, 6.45) is 5.11. The number of nitrogens with one attached hydrogen (secondary N) is 2. The summed E-state index contributed by atoms with van der Waals surface area (Å²) in [6.45, 7) is 7.92. The van der Waals surface area contributed by atoms with Gasteiger partial charge in [-0.25, -0.2) is 0 Å². The molecule has 0 aromatic heterocycles. The Kier molecular flexibility index (Phi) is 8.89. The molecule has 1 rings (SSSR count). The van der Waals surface area contributed by atoms with Crippen molar-refractivity contribution in [3.05, 3.63) is 0 Å². The largest absolute Gasteiger partial charge is 0.469 e. The number of hydrogen-bond acceptors (Lipinski definition) is 4. The predicted octanol–water partition coefficient (Wildman–Crippen LogP) is 1.23. The summed E-state index contributed by atoms with van der Waals surface area (Å²) < 4.78 is 4.71. The molecule has 1 heterocycles. The van der Waals surface area contributed by atoms with Crippen molar-refractivity contribution in [2.24, 2.45) is 10.9 Å². The summed E-state index contributed by atoms with van der Waals surface area (Å²) in [5.74, 6) is 0.349. The normalized spacial score (nSPS) is 21.3. The Morgan fingerprint density at radius 1 is 1.41 bits per heavy atom. The molecule has 128 valence electrons. The second kappa shape index (κ2) is 10.4. The molecule has 0 aromatic carbocycles. The quantitative estimate of drug-likeness (QED) is 0.320. The van der Waals surface area contributed by atoms with Crippen LogP contribution < -0.4 is 10.6 Å². The zero-order chi connectivity index (χ0) is 16.4. The number of guanidine groups is 1. The van der Waals surface area contributed by atoms with E-state index in [1.165, 1.54) is 32.9 Å². The van der Waals surface area contributed by atoms with Gasteiger partial charge in [0.2, 0.25) is 0 Å². The van der Waals surface area contributed by atoms with Crippen LogP contribution in [0.2, 0.25) is 0 Å². The number of carbonyl (C=O) groups excluding carboxylic acids is 1. The number of nitrogens with zero attached hydrogens (tertiary/aromatic N) is 2. The molecule has 1 saturated heterocycles. The fraction of sp³-hybridized carbons (Fsp3) is 0.875. The minimum atomic E-state index is -0.206. The van der Waals surface area contributed by atoms with Crippen molar-refractivity contribution >= 4 is 11.9 Å². The molecule has 2 atom stereocenters. The molecular formula is C16H32N4O2. The van der Waals surface area contributed by atoms with Crippen molar-refractivity contribution in [1.82, 2.24) is 15.5 Å². The molecule has 2 N–H and O–H groups in total. The van der Waals surface area contributed by atoms with Crippen molar-refractivity contribution in [1.29, 1.82) is 0 Å². The van der Waals surface area contributed by atoms with Gasteiger partial charge in [-0.15, -0.1) is 0 Å². The number of hydrogen-bond donors (Lipinski definition) is 2.